The maximum atomic E-state index is 11.6. The van der Waals surface area contributed by atoms with Gasteiger partial charge < -0.3 is 14.7 Å². The zero-order chi connectivity index (χ0) is 19.0. The van der Waals surface area contributed by atoms with E-state index in [1.54, 1.807) is 6.08 Å². The van der Waals surface area contributed by atoms with Crippen molar-refractivity contribution in [2.75, 3.05) is 6.66 Å². The summed E-state index contributed by atoms with van der Waals surface area (Å²) in [6.45, 7) is 9.14. The van der Waals surface area contributed by atoms with Gasteiger partial charge in [0, 0.05) is 6.66 Å². The topological polar surface area (TPSA) is 94.8 Å². The maximum absolute atomic E-state index is 11.6. The largest absolute Gasteiger partial charge is 0.344 e. The quantitative estimate of drug-likeness (QED) is 0.359. The fourth-order valence-corrected chi connectivity index (χ4v) is 5.37. The lowest BCUT2D eigenvalue weighted by molar-refractivity contribution is 0.363. The molecule has 0 aliphatic carbocycles. The Labute approximate surface area is 146 Å². The molecule has 7 heteroatoms. The number of allylic oxidation sites excluding steroid dienone is 6. The average Bonchev–Trinajstić information content (AvgIpc) is 2.34. The monoisotopic (exact) mass is 378 g/mol. The van der Waals surface area contributed by atoms with Crippen molar-refractivity contribution >= 4 is 15.0 Å². The van der Waals surface area contributed by atoms with E-state index in [1.165, 1.54) is 11.1 Å². The SMILES string of the molecule is CC(C)=CCCC(C)=CCCC(C)=CCC(P(C)(=O)O)P(=O)(O)O. The summed E-state index contributed by atoms with van der Waals surface area (Å²) in [5, 5.41) is -1.51. The molecule has 5 nitrogen and oxygen atoms in total. The molecule has 0 aliphatic rings. The molecule has 140 valence electrons. The van der Waals surface area contributed by atoms with Gasteiger partial charge in [-0.25, -0.2) is 0 Å². The first-order chi connectivity index (χ1) is 10.8. The smallest absolute Gasteiger partial charge is 0.338 e. The van der Waals surface area contributed by atoms with Gasteiger partial charge in [0.2, 0.25) is 7.37 Å². The van der Waals surface area contributed by atoms with Gasteiger partial charge in [-0.2, -0.15) is 0 Å². The third-order valence-electron chi connectivity index (χ3n) is 3.74. The maximum Gasteiger partial charge on any atom is 0.338 e. The van der Waals surface area contributed by atoms with Gasteiger partial charge in [-0.05, 0) is 59.8 Å². The van der Waals surface area contributed by atoms with Crippen molar-refractivity contribution in [1.29, 1.82) is 0 Å². The average molecular weight is 378 g/mol. The molecule has 0 aromatic heterocycles. The van der Waals surface area contributed by atoms with Crippen LogP contribution in [0, 0.1) is 0 Å². The summed E-state index contributed by atoms with van der Waals surface area (Å²) in [4.78, 5) is 28.0. The molecule has 0 aliphatic heterocycles. The summed E-state index contributed by atoms with van der Waals surface area (Å²) in [7, 11) is -8.43. The molecule has 2 atom stereocenters. The van der Waals surface area contributed by atoms with Crippen molar-refractivity contribution in [2.24, 2.45) is 0 Å². The van der Waals surface area contributed by atoms with Gasteiger partial charge in [-0.1, -0.05) is 34.9 Å². The standard InChI is InChI=1S/C17H32O5P2/c1-14(2)8-6-9-15(3)10-7-11-16(4)12-13-17(23(5,18)19)24(20,21)22/h8,10,12,17H,6-7,9,11,13H2,1-5H3,(H,18,19)(H2,20,21,22). The fourth-order valence-electron chi connectivity index (χ4n) is 2.26. The third kappa shape index (κ3) is 11.2. The van der Waals surface area contributed by atoms with E-state index < -0.39 is 20.4 Å². The predicted octanol–water partition coefficient (Wildman–Crippen LogP) is 5.20. The van der Waals surface area contributed by atoms with Crippen LogP contribution < -0.4 is 0 Å². The van der Waals surface area contributed by atoms with Crippen LogP contribution >= 0.6 is 15.0 Å². The Hall–Kier alpha value is -0.440. The molecule has 0 bridgehead atoms. The van der Waals surface area contributed by atoms with Gasteiger partial charge in [0.1, 0.15) is 5.40 Å². The van der Waals surface area contributed by atoms with Crippen LogP contribution in [0.15, 0.2) is 34.9 Å². The van der Waals surface area contributed by atoms with Gasteiger partial charge in [0.15, 0.2) is 0 Å². The Morgan fingerprint density at radius 1 is 0.875 bits per heavy atom. The fraction of sp³-hybridized carbons (Fsp3) is 0.647. The van der Waals surface area contributed by atoms with E-state index in [-0.39, 0.29) is 6.42 Å². The molecule has 0 saturated carbocycles. The van der Waals surface area contributed by atoms with Crippen molar-refractivity contribution in [2.45, 2.75) is 65.2 Å². The van der Waals surface area contributed by atoms with Crippen LogP contribution in [0.25, 0.3) is 0 Å². The van der Waals surface area contributed by atoms with Gasteiger partial charge in [-0.3, -0.25) is 9.13 Å². The predicted molar refractivity (Wildman–Crippen MR) is 102 cm³/mol. The van der Waals surface area contributed by atoms with Gasteiger partial charge in [-0.15, -0.1) is 0 Å². The summed E-state index contributed by atoms with van der Waals surface area (Å²) >= 11 is 0. The molecular weight excluding hydrogens is 346 g/mol. The molecule has 0 radical (unpaired) electrons. The molecule has 3 N–H and O–H groups in total. The van der Waals surface area contributed by atoms with E-state index >= 15 is 0 Å². The Bertz CT molecular complexity index is 552. The zero-order valence-electron chi connectivity index (χ0n) is 15.4. The first-order valence-electron chi connectivity index (χ1n) is 8.13. The van der Waals surface area contributed by atoms with E-state index in [2.05, 4.69) is 32.9 Å². The molecule has 0 rings (SSSR count). The van der Waals surface area contributed by atoms with Crippen molar-refractivity contribution in [3.8, 4) is 0 Å². The van der Waals surface area contributed by atoms with E-state index in [1.807, 2.05) is 6.92 Å². The van der Waals surface area contributed by atoms with Crippen LogP contribution in [-0.4, -0.2) is 26.7 Å². The molecule has 24 heavy (non-hydrogen) atoms. The molecular formula is C17H32O5P2. The Kier molecular flexibility index (Phi) is 10.3. The minimum absolute atomic E-state index is 0.0797. The highest BCUT2D eigenvalue weighted by atomic mass is 31.2. The molecule has 0 aromatic rings. The first-order valence-corrected chi connectivity index (χ1v) is 12.0. The van der Waals surface area contributed by atoms with Crippen LogP contribution in [0.1, 0.15) is 59.8 Å². The molecule has 0 fully saturated rings. The van der Waals surface area contributed by atoms with E-state index in [0.717, 1.165) is 37.9 Å². The summed E-state index contributed by atoms with van der Waals surface area (Å²) in [5.74, 6) is 0. The minimum atomic E-state index is -4.59. The molecule has 2 unspecified atom stereocenters. The highest BCUT2D eigenvalue weighted by Gasteiger charge is 2.39. The lowest BCUT2D eigenvalue weighted by Crippen LogP contribution is -2.07. The van der Waals surface area contributed by atoms with E-state index in [0.29, 0.717) is 0 Å². The molecule has 0 aromatic carbocycles. The summed E-state index contributed by atoms with van der Waals surface area (Å²) < 4.78 is 23.0. The number of hydrogen-bond donors (Lipinski definition) is 3. The summed E-state index contributed by atoms with van der Waals surface area (Å²) in [5.41, 5.74) is 3.61. The van der Waals surface area contributed by atoms with Crippen LogP contribution in [-0.2, 0) is 9.13 Å². The Balaban J connectivity index is 4.53. The Morgan fingerprint density at radius 3 is 1.75 bits per heavy atom. The van der Waals surface area contributed by atoms with E-state index in [9.17, 15) is 23.8 Å². The zero-order valence-corrected chi connectivity index (χ0v) is 17.2. The van der Waals surface area contributed by atoms with Crippen LogP contribution in [0.4, 0.5) is 0 Å². The van der Waals surface area contributed by atoms with Crippen molar-refractivity contribution in [3.63, 3.8) is 0 Å². The lowest BCUT2D eigenvalue weighted by atomic mass is 10.1. The van der Waals surface area contributed by atoms with E-state index in [4.69, 9.17) is 0 Å². The van der Waals surface area contributed by atoms with Gasteiger partial charge in [0.05, 0.1) is 0 Å². The van der Waals surface area contributed by atoms with Crippen LogP contribution in [0.3, 0.4) is 0 Å². The van der Waals surface area contributed by atoms with Crippen LogP contribution in [0.2, 0.25) is 0 Å². The lowest BCUT2D eigenvalue weighted by Gasteiger charge is -2.19. The van der Waals surface area contributed by atoms with Crippen molar-refractivity contribution in [3.05, 3.63) is 34.9 Å². The van der Waals surface area contributed by atoms with Gasteiger partial charge >= 0.3 is 7.60 Å². The highest BCUT2D eigenvalue weighted by molar-refractivity contribution is 7.73. The third-order valence-corrected chi connectivity index (χ3v) is 8.23. The van der Waals surface area contributed by atoms with Crippen LogP contribution in [0.5, 0.6) is 0 Å². The molecule has 0 amide bonds. The summed E-state index contributed by atoms with van der Waals surface area (Å²) in [6.07, 6.45) is 9.66. The Morgan fingerprint density at radius 2 is 1.33 bits per heavy atom. The molecule has 0 heterocycles. The number of hydrogen-bond acceptors (Lipinski definition) is 2. The second-order valence-electron chi connectivity index (χ2n) is 6.71. The number of rotatable bonds is 10. The molecule has 0 spiro atoms. The van der Waals surface area contributed by atoms with Gasteiger partial charge in [0.25, 0.3) is 0 Å². The van der Waals surface area contributed by atoms with Crippen molar-refractivity contribution in [1.82, 2.24) is 0 Å². The second-order valence-corrected chi connectivity index (χ2v) is 11.4. The first kappa shape index (κ1) is 23.6. The molecule has 0 saturated heterocycles. The minimum Gasteiger partial charge on any atom is -0.344 e. The summed E-state index contributed by atoms with van der Waals surface area (Å²) in [6, 6.07) is 0. The normalized spacial score (nSPS) is 17.3. The highest BCUT2D eigenvalue weighted by Crippen LogP contribution is 2.61. The second kappa shape index (κ2) is 10.5. The van der Waals surface area contributed by atoms with Crippen molar-refractivity contribution < 1.29 is 23.8 Å².